The maximum Gasteiger partial charge on any atom is 0.161 e. The van der Waals surface area contributed by atoms with E-state index in [1.807, 2.05) is 26.1 Å². The average molecular weight is 279 g/mol. The molecule has 0 bridgehead atoms. The molecule has 0 radical (unpaired) electrons. The van der Waals surface area contributed by atoms with Crippen molar-refractivity contribution in [3.8, 4) is 11.5 Å². The van der Waals surface area contributed by atoms with E-state index in [1.54, 1.807) is 0 Å². The summed E-state index contributed by atoms with van der Waals surface area (Å²) in [7, 11) is 1.94. The molecule has 0 spiro atoms. The molecule has 4 heteroatoms. The van der Waals surface area contributed by atoms with Crippen molar-refractivity contribution in [3.63, 3.8) is 0 Å². The minimum Gasteiger partial charge on any atom is -0.490 e. The standard InChI is InChI=1S/C16H25NO3/c1-3-18-16-10-13(11-17-2)7-8-15(16)20-12-14-6-4-5-9-19-14/h7-8,10,14,17H,3-6,9,11-12H2,1-2H3. The minimum atomic E-state index is 0.218. The molecule has 1 unspecified atom stereocenters. The summed E-state index contributed by atoms with van der Waals surface area (Å²) in [6.45, 7) is 4.91. The lowest BCUT2D eigenvalue weighted by molar-refractivity contribution is -0.0115. The Morgan fingerprint density at radius 3 is 2.85 bits per heavy atom. The Labute approximate surface area is 121 Å². The first-order chi connectivity index (χ1) is 9.83. The number of hydrogen-bond donors (Lipinski definition) is 1. The van der Waals surface area contributed by atoms with E-state index in [2.05, 4.69) is 11.4 Å². The van der Waals surface area contributed by atoms with Crippen LogP contribution in [0.1, 0.15) is 31.7 Å². The molecular weight excluding hydrogens is 254 g/mol. The van der Waals surface area contributed by atoms with Crippen LogP contribution in [0.25, 0.3) is 0 Å². The molecule has 0 aliphatic carbocycles. The molecule has 1 atom stereocenters. The highest BCUT2D eigenvalue weighted by molar-refractivity contribution is 5.43. The van der Waals surface area contributed by atoms with Gasteiger partial charge in [0, 0.05) is 13.2 Å². The summed E-state index contributed by atoms with van der Waals surface area (Å²) in [6.07, 6.45) is 3.70. The monoisotopic (exact) mass is 279 g/mol. The molecule has 2 rings (SSSR count). The zero-order chi connectivity index (χ0) is 14.2. The van der Waals surface area contributed by atoms with Gasteiger partial charge in [-0.3, -0.25) is 0 Å². The van der Waals surface area contributed by atoms with Gasteiger partial charge in [-0.05, 0) is 50.9 Å². The third-order valence-electron chi connectivity index (χ3n) is 3.39. The third kappa shape index (κ3) is 4.39. The largest absolute Gasteiger partial charge is 0.490 e. The maximum atomic E-state index is 5.89. The van der Waals surface area contributed by atoms with Gasteiger partial charge in [-0.2, -0.15) is 0 Å². The SMILES string of the molecule is CCOc1cc(CNC)ccc1OCC1CCCCO1. The molecule has 1 aromatic carbocycles. The van der Waals surface area contributed by atoms with E-state index in [9.17, 15) is 0 Å². The van der Waals surface area contributed by atoms with Crippen LogP contribution in [0.3, 0.4) is 0 Å². The summed E-state index contributed by atoms with van der Waals surface area (Å²) in [4.78, 5) is 0. The van der Waals surface area contributed by atoms with Crippen molar-refractivity contribution in [3.05, 3.63) is 23.8 Å². The second kappa shape index (κ2) is 8.12. The summed E-state index contributed by atoms with van der Waals surface area (Å²) >= 11 is 0. The van der Waals surface area contributed by atoms with Crippen LogP contribution < -0.4 is 14.8 Å². The summed E-state index contributed by atoms with van der Waals surface area (Å²) < 4.78 is 17.2. The van der Waals surface area contributed by atoms with Crippen LogP contribution in [0.15, 0.2) is 18.2 Å². The van der Waals surface area contributed by atoms with Crippen LogP contribution in [0.4, 0.5) is 0 Å². The first-order valence-corrected chi connectivity index (χ1v) is 7.48. The average Bonchev–Trinajstić information content (AvgIpc) is 2.48. The lowest BCUT2D eigenvalue weighted by Crippen LogP contribution is -2.25. The van der Waals surface area contributed by atoms with Crippen molar-refractivity contribution in [2.75, 3.05) is 26.9 Å². The van der Waals surface area contributed by atoms with Gasteiger partial charge in [0.1, 0.15) is 6.61 Å². The van der Waals surface area contributed by atoms with Crippen LogP contribution in [0.2, 0.25) is 0 Å². The Balaban J connectivity index is 1.97. The fourth-order valence-corrected chi connectivity index (χ4v) is 2.38. The highest BCUT2D eigenvalue weighted by atomic mass is 16.5. The summed E-state index contributed by atoms with van der Waals surface area (Å²) in [5, 5.41) is 3.14. The predicted molar refractivity (Wildman–Crippen MR) is 79.5 cm³/mol. The lowest BCUT2D eigenvalue weighted by Gasteiger charge is -2.23. The van der Waals surface area contributed by atoms with Crippen molar-refractivity contribution in [2.24, 2.45) is 0 Å². The second-order valence-electron chi connectivity index (χ2n) is 5.04. The summed E-state index contributed by atoms with van der Waals surface area (Å²) in [5.74, 6) is 1.62. The van der Waals surface area contributed by atoms with Crippen LogP contribution >= 0.6 is 0 Å². The van der Waals surface area contributed by atoms with Gasteiger partial charge in [-0.25, -0.2) is 0 Å². The van der Waals surface area contributed by atoms with Gasteiger partial charge in [0.2, 0.25) is 0 Å². The van der Waals surface area contributed by atoms with Crippen molar-refractivity contribution in [1.29, 1.82) is 0 Å². The first-order valence-electron chi connectivity index (χ1n) is 7.48. The van der Waals surface area contributed by atoms with Crippen LogP contribution in [0, 0.1) is 0 Å². The quantitative estimate of drug-likeness (QED) is 0.833. The molecule has 1 aliphatic heterocycles. The fraction of sp³-hybridized carbons (Fsp3) is 0.625. The summed E-state index contributed by atoms with van der Waals surface area (Å²) in [6, 6.07) is 6.09. The molecule has 20 heavy (non-hydrogen) atoms. The molecule has 4 nitrogen and oxygen atoms in total. The minimum absolute atomic E-state index is 0.218. The molecule has 1 saturated heterocycles. The molecule has 0 aromatic heterocycles. The number of benzene rings is 1. The van der Waals surface area contributed by atoms with E-state index >= 15 is 0 Å². The first kappa shape index (κ1) is 15.1. The van der Waals surface area contributed by atoms with Crippen molar-refractivity contribution >= 4 is 0 Å². The second-order valence-corrected chi connectivity index (χ2v) is 5.04. The Kier molecular flexibility index (Phi) is 6.15. The smallest absolute Gasteiger partial charge is 0.161 e. The van der Waals surface area contributed by atoms with Gasteiger partial charge < -0.3 is 19.5 Å². The molecule has 1 heterocycles. The number of hydrogen-bond acceptors (Lipinski definition) is 4. The van der Waals surface area contributed by atoms with E-state index in [0.717, 1.165) is 31.1 Å². The van der Waals surface area contributed by atoms with Crippen molar-refractivity contribution in [2.45, 2.75) is 38.8 Å². The highest BCUT2D eigenvalue weighted by Gasteiger charge is 2.15. The topological polar surface area (TPSA) is 39.7 Å². The predicted octanol–water partition coefficient (Wildman–Crippen LogP) is 2.75. The Hall–Kier alpha value is -1.26. The van der Waals surface area contributed by atoms with Crippen LogP contribution in [-0.4, -0.2) is 33.0 Å². The third-order valence-corrected chi connectivity index (χ3v) is 3.39. The van der Waals surface area contributed by atoms with Crippen LogP contribution in [0.5, 0.6) is 11.5 Å². The highest BCUT2D eigenvalue weighted by Crippen LogP contribution is 2.29. The normalized spacial score (nSPS) is 18.8. The van der Waals surface area contributed by atoms with Crippen LogP contribution in [-0.2, 0) is 11.3 Å². The number of rotatable bonds is 7. The van der Waals surface area contributed by atoms with E-state index in [-0.39, 0.29) is 6.10 Å². The fourth-order valence-electron chi connectivity index (χ4n) is 2.38. The molecule has 1 N–H and O–H groups in total. The van der Waals surface area contributed by atoms with Gasteiger partial charge in [0.25, 0.3) is 0 Å². The molecule has 1 aromatic rings. The van der Waals surface area contributed by atoms with E-state index in [0.29, 0.717) is 13.2 Å². The number of nitrogens with one attached hydrogen (secondary N) is 1. The van der Waals surface area contributed by atoms with Gasteiger partial charge >= 0.3 is 0 Å². The van der Waals surface area contributed by atoms with E-state index < -0.39 is 0 Å². The zero-order valence-electron chi connectivity index (χ0n) is 12.5. The van der Waals surface area contributed by atoms with Gasteiger partial charge in [0.05, 0.1) is 12.7 Å². The summed E-state index contributed by atoms with van der Waals surface area (Å²) in [5.41, 5.74) is 1.19. The maximum absolute atomic E-state index is 5.89. The van der Waals surface area contributed by atoms with Crippen molar-refractivity contribution < 1.29 is 14.2 Å². The van der Waals surface area contributed by atoms with E-state index in [1.165, 1.54) is 18.4 Å². The Morgan fingerprint density at radius 1 is 1.25 bits per heavy atom. The van der Waals surface area contributed by atoms with Gasteiger partial charge in [-0.15, -0.1) is 0 Å². The molecule has 1 fully saturated rings. The lowest BCUT2D eigenvalue weighted by atomic mass is 10.1. The van der Waals surface area contributed by atoms with Crippen molar-refractivity contribution in [1.82, 2.24) is 5.32 Å². The number of ether oxygens (including phenoxy) is 3. The van der Waals surface area contributed by atoms with Gasteiger partial charge in [0.15, 0.2) is 11.5 Å². The molecular formula is C16H25NO3. The van der Waals surface area contributed by atoms with E-state index in [4.69, 9.17) is 14.2 Å². The molecule has 1 aliphatic rings. The van der Waals surface area contributed by atoms with Gasteiger partial charge in [-0.1, -0.05) is 6.07 Å². The molecule has 112 valence electrons. The Morgan fingerprint density at radius 2 is 2.15 bits per heavy atom. The molecule has 0 saturated carbocycles. The molecule has 0 amide bonds. The zero-order valence-corrected chi connectivity index (χ0v) is 12.5. The Bertz CT molecular complexity index is 403.